The maximum absolute atomic E-state index is 12.5. The van der Waals surface area contributed by atoms with E-state index >= 15 is 0 Å². The minimum Gasteiger partial charge on any atom is -0.859 e. The number of nitrogens with zero attached hydrogens (tertiary/aromatic N) is 10. The van der Waals surface area contributed by atoms with Crippen molar-refractivity contribution >= 4 is 79.4 Å². The Hall–Kier alpha value is -4.36. The summed E-state index contributed by atoms with van der Waals surface area (Å²) in [6, 6.07) is 7.43. The van der Waals surface area contributed by atoms with E-state index in [4.69, 9.17) is 0 Å². The predicted molar refractivity (Wildman–Crippen MR) is 206 cm³/mol. The minimum atomic E-state index is -4.89. The molecule has 20 nitrogen and oxygen atoms in total. The first-order valence-corrected chi connectivity index (χ1v) is 19.6. The van der Waals surface area contributed by atoms with Crippen LogP contribution in [0, 0.1) is 0 Å². The fourth-order valence-corrected chi connectivity index (χ4v) is 6.32. The van der Waals surface area contributed by atoms with Crippen molar-refractivity contribution in [2.75, 3.05) is 36.0 Å². The van der Waals surface area contributed by atoms with Gasteiger partial charge in [0.25, 0.3) is 31.5 Å². The third-order valence-electron chi connectivity index (χ3n) is 7.63. The number of anilines is 2. The van der Waals surface area contributed by atoms with Crippen LogP contribution in [0.1, 0.15) is 38.8 Å². The van der Waals surface area contributed by atoms with Gasteiger partial charge in [0.1, 0.15) is 9.79 Å². The van der Waals surface area contributed by atoms with Gasteiger partial charge < -0.3 is 20.0 Å². The van der Waals surface area contributed by atoms with Gasteiger partial charge in [0.15, 0.2) is 0 Å². The number of H-pyrrole nitrogens is 2. The van der Waals surface area contributed by atoms with Gasteiger partial charge in [0, 0.05) is 26.2 Å². The molecule has 0 saturated heterocycles. The van der Waals surface area contributed by atoms with Crippen LogP contribution >= 0.6 is 0 Å². The molecule has 0 unspecified atom stereocenters. The molecule has 0 aliphatic carbocycles. The van der Waals surface area contributed by atoms with Crippen LogP contribution in [-0.4, -0.2) is 93.8 Å². The second kappa shape index (κ2) is 22.1. The number of aliphatic imine (C=N–C) groups is 2. The van der Waals surface area contributed by atoms with Crippen LogP contribution in [0.4, 0.5) is 35.2 Å². The molecule has 58 heavy (non-hydrogen) atoms. The summed E-state index contributed by atoms with van der Waals surface area (Å²) in [5.74, 6) is -1.07. The first-order valence-electron chi connectivity index (χ1n) is 16.7. The number of aromatic nitrogens is 6. The Morgan fingerprint density at radius 1 is 0.672 bits per heavy atom. The number of hydrogen-bond acceptors (Lipinski definition) is 16. The molecule has 0 aliphatic heterocycles. The number of hydrogen-bond donors (Lipinski definition) is 4. The Labute approximate surface area is 378 Å². The van der Waals surface area contributed by atoms with E-state index in [9.17, 15) is 36.2 Å². The van der Waals surface area contributed by atoms with Gasteiger partial charge in [-0.3, -0.25) is 19.1 Å². The summed E-state index contributed by atoms with van der Waals surface area (Å²) in [7, 11) is -9.79. The van der Waals surface area contributed by atoms with Crippen LogP contribution in [0.3, 0.4) is 0 Å². The Morgan fingerprint density at radius 2 is 1.02 bits per heavy atom. The largest absolute Gasteiger partial charge is 1.00 e. The Kier molecular flexibility index (Phi) is 19.0. The zero-order valence-electron chi connectivity index (χ0n) is 32.6. The number of aromatic amines is 2. The molecule has 2 aromatic heterocycles. The summed E-state index contributed by atoms with van der Waals surface area (Å²) >= 11 is 0. The van der Waals surface area contributed by atoms with Gasteiger partial charge in [0.05, 0.1) is 11.4 Å². The molecule has 0 amide bonds. The molecule has 0 bridgehead atoms. The molecule has 4 N–H and O–H groups in total. The van der Waals surface area contributed by atoms with Gasteiger partial charge in [0.2, 0.25) is 23.8 Å². The van der Waals surface area contributed by atoms with Crippen molar-refractivity contribution in [3.63, 3.8) is 0 Å². The van der Waals surface area contributed by atoms with E-state index in [0.29, 0.717) is 26.2 Å². The van der Waals surface area contributed by atoms with Gasteiger partial charge in [-0.2, -0.15) is 36.8 Å². The Balaban J connectivity index is 0.00000580. The Morgan fingerprint density at radius 3 is 1.31 bits per heavy atom. The molecule has 4 rings (SSSR count). The smallest absolute Gasteiger partial charge is 0.859 e. The average Bonchev–Trinajstić information content (AvgIpc) is 3.14. The van der Waals surface area contributed by atoms with Crippen molar-refractivity contribution in [3.8, 4) is 0 Å². The molecule has 2 heterocycles. The summed E-state index contributed by atoms with van der Waals surface area (Å²) in [5.41, 5.74) is -0.550. The third kappa shape index (κ3) is 13.6. The maximum atomic E-state index is 12.5. The second-order valence-corrected chi connectivity index (χ2v) is 14.0. The molecular formula is C34H38N12Na2O8S2. The van der Waals surface area contributed by atoms with Crippen LogP contribution in [0.25, 0.3) is 12.2 Å². The van der Waals surface area contributed by atoms with E-state index in [0.717, 1.165) is 24.3 Å². The minimum absolute atomic E-state index is 0. The fraction of sp³-hybridized carbons (Fsp3) is 0.235. The van der Waals surface area contributed by atoms with Crippen molar-refractivity contribution in [1.29, 1.82) is 0 Å². The summed E-state index contributed by atoms with van der Waals surface area (Å²) < 4.78 is 70.4. The summed E-state index contributed by atoms with van der Waals surface area (Å²) in [6.07, 6.45) is 4.38. The topological polar surface area (TPSA) is 294 Å². The van der Waals surface area contributed by atoms with Gasteiger partial charge in [-0.05, 0) is 74.9 Å². The van der Waals surface area contributed by atoms with Crippen molar-refractivity contribution in [2.45, 2.75) is 37.5 Å². The number of rotatable bonds is 16. The summed E-state index contributed by atoms with van der Waals surface area (Å²) in [4.78, 5) is 41.2. The predicted octanol–water partition coefficient (Wildman–Crippen LogP) is -4.10. The fourth-order valence-electron chi connectivity index (χ4n) is 4.91. The maximum Gasteiger partial charge on any atom is 1.00 e. The van der Waals surface area contributed by atoms with E-state index < -0.39 is 41.8 Å². The van der Waals surface area contributed by atoms with Gasteiger partial charge in [-0.25, -0.2) is 20.0 Å². The van der Waals surface area contributed by atoms with Crippen molar-refractivity contribution in [3.05, 3.63) is 84.1 Å². The molecule has 0 saturated carbocycles. The van der Waals surface area contributed by atoms with Crippen molar-refractivity contribution in [1.82, 2.24) is 29.9 Å². The summed E-state index contributed by atoms with van der Waals surface area (Å²) in [6.45, 7) is 16.4. The van der Waals surface area contributed by atoms with Crippen LogP contribution in [-0.2, 0) is 20.2 Å². The van der Waals surface area contributed by atoms with Crippen LogP contribution < -0.4 is 90.4 Å². The molecule has 0 spiro atoms. The quantitative estimate of drug-likeness (QED) is 0.0274. The molecule has 0 aliphatic rings. The standard InChI is InChI=1S/C34H40N12O8S2.2Na/c1-7-27(47)37-31-39-29(41-33(43-31)45(9-3)10-4)35-23-17-15-21(25(19-23)55(49,50)51)13-14-22-16-18-24(20-26(22)56(52,53)54)36-30-40-32(38-28(48)8-2)44-34(42-30)46(11-5)12-6;;/h7-8,13-20H,1-2,9-12H2,3-6H3,(H,49,50,51)(H,52,53,54)(H2,35,37,39,41,43,47)(H2,36,38,40,42,44,48);;/q;2*+1/p-2/b14-13+;;. The zero-order chi connectivity index (χ0) is 41.2. The van der Waals surface area contributed by atoms with Gasteiger partial charge in [-0.1, -0.05) is 49.6 Å². The van der Waals surface area contributed by atoms with Crippen LogP contribution in [0.5, 0.6) is 0 Å². The average molecular weight is 853 g/mol. The van der Waals surface area contributed by atoms with Crippen LogP contribution in [0.2, 0.25) is 0 Å². The monoisotopic (exact) mass is 852 g/mol. The van der Waals surface area contributed by atoms with Crippen molar-refractivity contribution in [2.24, 2.45) is 20.0 Å². The molecule has 0 atom stereocenters. The molecule has 0 fully saturated rings. The van der Waals surface area contributed by atoms with Crippen molar-refractivity contribution < 1.29 is 95.3 Å². The Bertz CT molecular complexity index is 2410. The van der Waals surface area contributed by atoms with E-state index in [1.54, 1.807) is 9.80 Å². The molecule has 4 aromatic rings. The third-order valence-corrected chi connectivity index (χ3v) is 9.45. The molecule has 24 heteroatoms. The van der Waals surface area contributed by atoms with Gasteiger partial charge in [-0.15, -0.1) is 0 Å². The molecular weight excluding hydrogens is 815 g/mol. The SMILES string of the molecule is C=CC([O-])=Nc1nc(=Nc2ccc(/C=C/c3ccc(N=c4nc(N=C([O-])C=C)[nH]c(N(CC)CC)n4)cc3S(=O)(=O)O)c(S(=O)(=O)O)c2)nc(N(CC)CC)[nH]1.[Na+].[Na+]. The number of benzene rings is 2. The second-order valence-electron chi connectivity index (χ2n) is 11.2. The number of nitrogens with one attached hydrogen (secondary N) is 2. The first kappa shape index (κ1) is 49.8. The first-order chi connectivity index (χ1) is 26.5. The molecule has 0 radical (unpaired) electrons. The van der Waals surface area contributed by atoms with E-state index in [1.165, 1.54) is 36.4 Å². The van der Waals surface area contributed by atoms with E-state index in [2.05, 4.69) is 63.0 Å². The van der Waals surface area contributed by atoms with E-state index in [1.807, 2.05) is 27.7 Å². The van der Waals surface area contributed by atoms with E-state index in [-0.39, 0.29) is 117 Å². The van der Waals surface area contributed by atoms with Crippen LogP contribution in [0.15, 0.2) is 91.5 Å². The van der Waals surface area contributed by atoms with Gasteiger partial charge >= 0.3 is 59.1 Å². The molecule has 2 aromatic carbocycles. The summed E-state index contributed by atoms with van der Waals surface area (Å²) in [5, 5.41) is 23.8. The molecule has 296 valence electrons. The normalized spacial score (nSPS) is 12.9. The zero-order valence-corrected chi connectivity index (χ0v) is 38.3.